The van der Waals surface area contributed by atoms with Crippen LogP contribution in [0.1, 0.15) is 0 Å². The Bertz CT molecular complexity index is 1310. The van der Waals surface area contributed by atoms with Gasteiger partial charge in [0.2, 0.25) is 0 Å². The number of fused-ring (bicyclic) bond motifs is 2. The molecule has 4 heteroatoms. The van der Waals surface area contributed by atoms with Crippen LogP contribution in [0.25, 0.3) is 27.4 Å². The third kappa shape index (κ3) is 2.81. The molecular weight excluding hydrogens is 344 g/mol. The fourth-order valence-corrected chi connectivity index (χ4v) is 3.48. The standard InChI is InChI=1S/C24H18N4/c25-22-14-9-17-5-1-3-7-21(17)24(22)27-26-19-10-12-20(13-11-19)28-16-15-18-6-2-4-8-23(18)28/h1-16H,25H2. The number of para-hydroxylation sites is 1. The third-order valence-electron chi connectivity index (χ3n) is 4.92. The average Bonchev–Trinajstić information content (AvgIpc) is 3.18. The Morgan fingerprint density at radius 2 is 1.39 bits per heavy atom. The molecule has 0 fully saturated rings. The number of nitrogen functional groups attached to an aromatic ring is 1. The summed E-state index contributed by atoms with van der Waals surface area (Å²) >= 11 is 0. The molecule has 0 unspecified atom stereocenters. The minimum absolute atomic E-state index is 0.623. The summed E-state index contributed by atoms with van der Waals surface area (Å²) in [7, 11) is 0. The molecular formula is C24H18N4. The lowest BCUT2D eigenvalue weighted by Gasteiger charge is -2.06. The second kappa shape index (κ2) is 6.67. The van der Waals surface area contributed by atoms with E-state index in [9.17, 15) is 0 Å². The van der Waals surface area contributed by atoms with Gasteiger partial charge in [-0.15, -0.1) is 5.11 Å². The van der Waals surface area contributed by atoms with E-state index in [2.05, 4.69) is 51.3 Å². The van der Waals surface area contributed by atoms with E-state index in [1.54, 1.807) is 0 Å². The Morgan fingerprint density at radius 3 is 2.25 bits per heavy atom. The first-order chi connectivity index (χ1) is 13.8. The average molecular weight is 362 g/mol. The minimum Gasteiger partial charge on any atom is -0.397 e. The second-order valence-electron chi connectivity index (χ2n) is 6.69. The van der Waals surface area contributed by atoms with Crippen molar-refractivity contribution in [3.63, 3.8) is 0 Å². The topological polar surface area (TPSA) is 55.7 Å². The molecule has 4 aromatic carbocycles. The van der Waals surface area contributed by atoms with Crippen LogP contribution >= 0.6 is 0 Å². The Morgan fingerprint density at radius 1 is 0.643 bits per heavy atom. The van der Waals surface area contributed by atoms with E-state index < -0.39 is 0 Å². The van der Waals surface area contributed by atoms with Crippen LogP contribution in [-0.2, 0) is 0 Å². The van der Waals surface area contributed by atoms with Crippen molar-refractivity contribution in [3.8, 4) is 5.69 Å². The molecule has 28 heavy (non-hydrogen) atoms. The van der Waals surface area contributed by atoms with Gasteiger partial charge in [-0.2, -0.15) is 5.11 Å². The summed E-state index contributed by atoms with van der Waals surface area (Å²) in [6, 6.07) is 30.4. The van der Waals surface area contributed by atoms with Crippen molar-refractivity contribution in [1.29, 1.82) is 0 Å². The summed E-state index contributed by atoms with van der Waals surface area (Å²) in [6.07, 6.45) is 2.08. The number of anilines is 1. The maximum Gasteiger partial charge on any atom is 0.116 e. The van der Waals surface area contributed by atoms with Crippen LogP contribution in [0.3, 0.4) is 0 Å². The van der Waals surface area contributed by atoms with E-state index in [4.69, 9.17) is 5.73 Å². The van der Waals surface area contributed by atoms with Gasteiger partial charge >= 0.3 is 0 Å². The van der Waals surface area contributed by atoms with Crippen LogP contribution < -0.4 is 5.73 Å². The van der Waals surface area contributed by atoms with Crippen molar-refractivity contribution in [1.82, 2.24) is 4.57 Å². The highest BCUT2D eigenvalue weighted by Crippen LogP contribution is 2.33. The molecule has 0 bridgehead atoms. The summed E-state index contributed by atoms with van der Waals surface area (Å²) in [5, 5.41) is 12.2. The first kappa shape index (κ1) is 16.3. The van der Waals surface area contributed by atoms with Crippen LogP contribution in [0.15, 0.2) is 107 Å². The fourth-order valence-electron chi connectivity index (χ4n) is 3.48. The Balaban J connectivity index is 1.48. The van der Waals surface area contributed by atoms with Crippen molar-refractivity contribution in [2.45, 2.75) is 0 Å². The SMILES string of the molecule is Nc1ccc2ccccc2c1N=Nc1ccc(-n2ccc3ccccc32)cc1. The third-order valence-corrected chi connectivity index (χ3v) is 4.92. The van der Waals surface area contributed by atoms with E-state index in [1.807, 2.05) is 60.7 Å². The predicted molar refractivity (Wildman–Crippen MR) is 116 cm³/mol. The zero-order valence-corrected chi connectivity index (χ0v) is 15.2. The van der Waals surface area contributed by atoms with E-state index in [1.165, 1.54) is 10.9 Å². The van der Waals surface area contributed by atoms with E-state index in [0.717, 1.165) is 22.1 Å². The van der Waals surface area contributed by atoms with Crippen LogP contribution in [0, 0.1) is 0 Å². The molecule has 4 nitrogen and oxygen atoms in total. The highest BCUT2D eigenvalue weighted by Gasteiger charge is 2.05. The molecule has 0 spiro atoms. The van der Waals surface area contributed by atoms with Crippen LogP contribution in [0.5, 0.6) is 0 Å². The lowest BCUT2D eigenvalue weighted by molar-refractivity contribution is 1.12. The zero-order chi connectivity index (χ0) is 18.9. The number of rotatable bonds is 3. The van der Waals surface area contributed by atoms with E-state index >= 15 is 0 Å². The van der Waals surface area contributed by atoms with Gasteiger partial charge in [0.1, 0.15) is 5.69 Å². The normalized spacial score (nSPS) is 11.6. The first-order valence-corrected chi connectivity index (χ1v) is 9.15. The number of azo groups is 1. The molecule has 1 heterocycles. The Labute approximate surface area is 162 Å². The lowest BCUT2D eigenvalue weighted by atomic mass is 10.1. The molecule has 2 N–H and O–H groups in total. The Kier molecular flexibility index (Phi) is 3.87. The predicted octanol–water partition coefficient (Wildman–Crippen LogP) is 6.78. The smallest absolute Gasteiger partial charge is 0.116 e. The van der Waals surface area contributed by atoms with Gasteiger partial charge in [-0.3, -0.25) is 0 Å². The monoisotopic (exact) mass is 362 g/mol. The first-order valence-electron chi connectivity index (χ1n) is 9.15. The zero-order valence-electron chi connectivity index (χ0n) is 15.2. The van der Waals surface area contributed by atoms with Crippen molar-refractivity contribution in [3.05, 3.63) is 97.2 Å². The summed E-state index contributed by atoms with van der Waals surface area (Å²) in [4.78, 5) is 0. The van der Waals surface area contributed by atoms with Gasteiger partial charge in [-0.25, -0.2) is 0 Å². The summed E-state index contributed by atoms with van der Waals surface area (Å²) in [5.74, 6) is 0. The quantitative estimate of drug-likeness (QED) is 0.279. The highest BCUT2D eigenvalue weighted by molar-refractivity contribution is 5.97. The molecule has 0 aliphatic heterocycles. The maximum atomic E-state index is 6.13. The molecule has 0 aliphatic carbocycles. The molecule has 0 aliphatic rings. The van der Waals surface area contributed by atoms with E-state index in [0.29, 0.717) is 11.4 Å². The molecule has 0 amide bonds. The van der Waals surface area contributed by atoms with Gasteiger partial charge < -0.3 is 10.3 Å². The molecule has 0 saturated heterocycles. The van der Waals surface area contributed by atoms with Crippen molar-refractivity contribution < 1.29 is 0 Å². The van der Waals surface area contributed by atoms with Gasteiger partial charge in [-0.05, 0) is 53.2 Å². The van der Waals surface area contributed by atoms with Gasteiger partial charge in [0.05, 0.1) is 16.9 Å². The maximum absolute atomic E-state index is 6.13. The summed E-state index contributed by atoms with van der Waals surface area (Å²) in [6.45, 7) is 0. The minimum atomic E-state index is 0.623. The molecule has 5 aromatic rings. The van der Waals surface area contributed by atoms with Gasteiger partial charge in [0, 0.05) is 17.3 Å². The summed E-state index contributed by atoms with van der Waals surface area (Å²) < 4.78 is 2.17. The number of nitrogens with zero attached hydrogens (tertiary/aromatic N) is 3. The molecule has 5 rings (SSSR count). The highest BCUT2D eigenvalue weighted by atomic mass is 15.1. The second-order valence-corrected chi connectivity index (χ2v) is 6.69. The Hall–Kier alpha value is -3.92. The number of hydrogen-bond acceptors (Lipinski definition) is 3. The molecule has 0 atom stereocenters. The molecule has 0 radical (unpaired) electrons. The van der Waals surface area contributed by atoms with Crippen molar-refractivity contribution >= 4 is 38.7 Å². The number of benzene rings is 4. The number of aromatic nitrogens is 1. The van der Waals surface area contributed by atoms with Gasteiger partial charge in [0.25, 0.3) is 0 Å². The number of hydrogen-bond donors (Lipinski definition) is 1. The fraction of sp³-hybridized carbons (Fsp3) is 0. The van der Waals surface area contributed by atoms with Crippen LogP contribution in [0.4, 0.5) is 17.1 Å². The molecule has 1 aromatic heterocycles. The summed E-state index contributed by atoms with van der Waals surface area (Å²) in [5.41, 5.74) is 10.5. The molecule has 134 valence electrons. The molecule has 0 saturated carbocycles. The number of nitrogens with two attached hydrogens (primary N) is 1. The van der Waals surface area contributed by atoms with Crippen LogP contribution in [-0.4, -0.2) is 4.57 Å². The van der Waals surface area contributed by atoms with E-state index in [-0.39, 0.29) is 0 Å². The lowest BCUT2D eigenvalue weighted by Crippen LogP contribution is -1.90. The van der Waals surface area contributed by atoms with Crippen molar-refractivity contribution in [2.24, 2.45) is 10.2 Å². The van der Waals surface area contributed by atoms with Crippen LogP contribution in [0.2, 0.25) is 0 Å². The van der Waals surface area contributed by atoms with Crippen molar-refractivity contribution in [2.75, 3.05) is 5.73 Å². The van der Waals surface area contributed by atoms with Gasteiger partial charge in [-0.1, -0.05) is 48.5 Å². The largest absolute Gasteiger partial charge is 0.397 e. The van der Waals surface area contributed by atoms with Gasteiger partial charge in [0.15, 0.2) is 0 Å².